The summed E-state index contributed by atoms with van der Waals surface area (Å²) in [5.41, 5.74) is 4.46. The molecule has 3 heterocycles. The fraction of sp³-hybridized carbons (Fsp3) is 0.360. The van der Waals surface area contributed by atoms with Gasteiger partial charge in [-0.3, -0.25) is 4.57 Å². The van der Waals surface area contributed by atoms with Crippen molar-refractivity contribution in [1.82, 2.24) is 24.9 Å². The maximum atomic E-state index is 5.54. The minimum Gasteiger partial charge on any atom is -0.378 e. The largest absolute Gasteiger partial charge is 0.378 e. The van der Waals surface area contributed by atoms with Gasteiger partial charge in [-0.1, -0.05) is 72.7 Å². The molecule has 1 fully saturated rings. The quantitative estimate of drug-likeness (QED) is 0.349. The summed E-state index contributed by atoms with van der Waals surface area (Å²) < 4.78 is 13.2. The number of hydrogen-bond acceptors (Lipinski definition) is 8. The van der Waals surface area contributed by atoms with E-state index in [0.717, 1.165) is 35.4 Å². The molecule has 8 nitrogen and oxygen atoms in total. The third kappa shape index (κ3) is 4.85. The molecule has 0 aliphatic carbocycles. The third-order valence-electron chi connectivity index (χ3n) is 5.83. The summed E-state index contributed by atoms with van der Waals surface area (Å²) in [5.74, 6) is 2.97. The number of hydrogen-bond donors (Lipinski definition) is 0. The van der Waals surface area contributed by atoms with Crippen LogP contribution in [0.2, 0.25) is 0 Å². The van der Waals surface area contributed by atoms with Crippen LogP contribution >= 0.6 is 11.8 Å². The van der Waals surface area contributed by atoms with Crippen molar-refractivity contribution < 1.29 is 9.26 Å². The zero-order valence-electron chi connectivity index (χ0n) is 19.6. The van der Waals surface area contributed by atoms with Gasteiger partial charge in [-0.05, 0) is 30.5 Å². The van der Waals surface area contributed by atoms with Gasteiger partial charge in [0.2, 0.25) is 17.7 Å². The lowest BCUT2D eigenvalue weighted by Gasteiger charge is -2.27. The highest BCUT2D eigenvalue weighted by molar-refractivity contribution is 7.98. The summed E-state index contributed by atoms with van der Waals surface area (Å²) in [6.07, 6.45) is 0. The number of aromatic nitrogens is 5. The van der Waals surface area contributed by atoms with Crippen molar-refractivity contribution >= 4 is 17.7 Å². The lowest BCUT2D eigenvalue weighted by Crippen LogP contribution is -2.37. The number of aryl methyl sites for hydroxylation is 1. The van der Waals surface area contributed by atoms with Crippen LogP contribution in [0.1, 0.15) is 36.8 Å². The molecule has 34 heavy (non-hydrogen) atoms. The Hall–Kier alpha value is -3.17. The molecule has 176 valence electrons. The van der Waals surface area contributed by atoms with Crippen LogP contribution in [0.3, 0.4) is 0 Å². The van der Waals surface area contributed by atoms with Crippen molar-refractivity contribution in [2.75, 3.05) is 31.2 Å². The van der Waals surface area contributed by atoms with Gasteiger partial charge in [0.1, 0.15) is 0 Å². The van der Waals surface area contributed by atoms with E-state index in [1.54, 1.807) is 0 Å². The summed E-state index contributed by atoms with van der Waals surface area (Å²) >= 11 is 1.53. The molecule has 4 aromatic rings. The highest BCUT2D eigenvalue weighted by Crippen LogP contribution is 2.30. The first-order chi connectivity index (χ1) is 16.6. The van der Waals surface area contributed by atoms with Crippen LogP contribution in [-0.2, 0) is 10.5 Å². The molecular weight excluding hydrogens is 448 g/mol. The molecule has 0 saturated carbocycles. The van der Waals surface area contributed by atoms with Gasteiger partial charge in [-0.15, -0.1) is 10.2 Å². The Balaban J connectivity index is 1.36. The summed E-state index contributed by atoms with van der Waals surface area (Å²) in [7, 11) is 0. The predicted molar refractivity (Wildman–Crippen MR) is 133 cm³/mol. The highest BCUT2D eigenvalue weighted by atomic mass is 32.2. The Bertz CT molecular complexity index is 1230. The van der Waals surface area contributed by atoms with Crippen LogP contribution in [0.15, 0.2) is 58.2 Å². The molecule has 2 aromatic carbocycles. The van der Waals surface area contributed by atoms with Crippen LogP contribution in [-0.4, -0.2) is 51.2 Å². The first-order valence-electron chi connectivity index (χ1n) is 11.5. The highest BCUT2D eigenvalue weighted by Gasteiger charge is 2.22. The molecule has 0 spiro atoms. The molecule has 0 amide bonds. The van der Waals surface area contributed by atoms with Gasteiger partial charge < -0.3 is 14.2 Å². The number of anilines is 1. The molecule has 2 aromatic heterocycles. The maximum Gasteiger partial charge on any atom is 0.237 e. The van der Waals surface area contributed by atoms with Crippen LogP contribution in [0.4, 0.5) is 5.95 Å². The topological polar surface area (TPSA) is 82.1 Å². The first-order valence-corrected chi connectivity index (χ1v) is 12.5. The molecule has 1 aliphatic rings. The van der Waals surface area contributed by atoms with Crippen LogP contribution < -0.4 is 4.90 Å². The van der Waals surface area contributed by atoms with Crippen LogP contribution in [0.25, 0.3) is 17.1 Å². The van der Waals surface area contributed by atoms with E-state index in [2.05, 4.69) is 87.0 Å². The van der Waals surface area contributed by atoms with Crippen LogP contribution in [0, 0.1) is 6.92 Å². The molecule has 5 rings (SSSR count). The molecule has 1 aliphatic heterocycles. The Labute approximate surface area is 203 Å². The second-order valence-corrected chi connectivity index (χ2v) is 9.57. The Morgan fingerprint density at radius 3 is 2.41 bits per heavy atom. The average Bonchev–Trinajstić information content (AvgIpc) is 3.51. The molecule has 0 bridgehead atoms. The molecule has 0 radical (unpaired) electrons. The van der Waals surface area contributed by atoms with Gasteiger partial charge in [0, 0.05) is 18.7 Å². The number of rotatable bonds is 7. The second-order valence-electron chi connectivity index (χ2n) is 8.63. The lowest BCUT2D eigenvalue weighted by molar-refractivity contribution is 0.122. The van der Waals surface area contributed by atoms with Crippen molar-refractivity contribution in [3.63, 3.8) is 0 Å². The Kier molecular flexibility index (Phi) is 6.64. The first kappa shape index (κ1) is 22.6. The average molecular weight is 477 g/mol. The van der Waals surface area contributed by atoms with E-state index < -0.39 is 0 Å². The third-order valence-corrected chi connectivity index (χ3v) is 6.74. The van der Waals surface area contributed by atoms with Gasteiger partial charge in [-0.25, -0.2) is 0 Å². The SMILES string of the molecule is Cc1ccc(-n2c(SCc3nc(-c4ccc(C(C)C)cc4)no3)nnc2N2CCOCC2)cc1. The molecule has 0 unspecified atom stereocenters. The maximum absolute atomic E-state index is 5.54. The zero-order chi connectivity index (χ0) is 23.5. The van der Waals surface area contributed by atoms with Gasteiger partial charge in [0.15, 0.2) is 5.16 Å². The second kappa shape index (κ2) is 9.99. The van der Waals surface area contributed by atoms with Crippen molar-refractivity contribution in [3.05, 3.63) is 65.5 Å². The minimum atomic E-state index is 0.486. The van der Waals surface area contributed by atoms with Gasteiger partial charge in [0.05, 0.1) is 24.7 Å². The lowest BCUT2D eigenvalue weighted by atomic mass is 10.0. The van der Waals surface area contributed by atoms with E-state index in [1.807, 2.05) is 12.1 Å². The van der Waals surface area contributed by atoms with E-state index in [9.17, 15) is 0 Å². The zero-order valence-corrected chi connectivity index (χ0v) is 20.5. The van der Waals surface area contributed by atoms with Crippen molar-refractivity contribution in [2.45, 2.75) is 37.6 Å². The van der Waals surface area contributed by atoms with E-state index in [-0.39, 0.29) is 0 Å². The number of nitrogens with zero attached hydrogens (tertiary/aromatic N) is 6. The van der Waals surface area contributed by atoms with E-state index in [0.29, 0.717) is 36.6 Å². The summed E-state index contributed by atoms with van der Waals surface area (Å²) in [6.45, 7) is 9.39. The van der Waals surface area contributed by atoms with Gasteiger partial charge >= 0.3 is 0 Å². The van der Waals surface area contributed by atoms with Gasteiger partial charge in [0.25, 0.3) is 0 Å². The van der Waals surface area contributed by atoms with Gasteiger partial charge in [-0.2, -0.15) is 4.98 Å². The standard InChI is InChI=1S/C25H28N6O2S/c1-17(2)19-6-8-20(9-7-19)23-26-22(33-29-23)16-34-25-28-27-24(30-12-14-32-15-13-30)31(25)21-10-4-18(3)5-11-21/h4-11,17H,12-16H2,1-3H3. The molecular formula is C25H28N6O2S. The van der Waals surface area contributed by atoms with E-state index in [4.69, 9.17) is 9.26 Å². The van der Waals surface area contributed by atoms with Crippen molar-refractivity contribution in [3.8, 4) is 17.1 Å². The fourth-order valence-electron chi connectivity index (χ4n) is 3.82. The Morgan fingerprint density at radius 2 is 1.71 bits per heavy atom. The predicted octanol–water partition coefficient (Wildman–Crippen LogP) is 4.88. The molecule has 1 saturated heterocycles. The van der Waals surface area contributed by atoms with E-state index >= 15 is 0 Å². The fourth-order valence-corrected chi connectivity index (χ4v) is 4.60. The van der Waals surface area contributed by atoms with Crippen molar-refractivity contribution in [2.24, 2.45) is 0 Å². The summed E-state index contributed by atoms with van der Waals surface area (Å²) in [4.78, 5) is 6.81. The summed E-state index contributed by atoms with van der Waals surface area (Å²) in [6, 6.07) is 16.7. The molecule has 9 heteroatoms. The number of morpholine rings is 1. The minimum absolute atomic E-state index is 0.486. The van der Waals surface area contributed by atoms with E-state index in [1.165, 1.54) is 22.9 Å². The molecule has 0 atom stereocenters. The number of ether oxygens (including phenoxy) is 1. The monoisotopic (exact) mass is 476 g/mol. The normalized spacial score (nSPS) is 14.2. The van der Waals surface area contributed by atoms with Crippen LogP contribution in [0.5, 0.6) is 0 Å². The van der Waals surface area contributed by atoms with Crippen molar-refractivity contribution in [1.29, 1.82) is 0 Å². The summed E-state index contributed by atoms with van der Waals surface area (Å²) in [5, 5.41) is 14.0. The number of benzene rings is 2. The Morgan fingerprint density at radius 1 is 0.971 bits per heavy atom. The molecule has 0 N–H and O–H groups in total. The smallest absolute Gasteiger partial charge is 0.237 e. The number of thioether (sulfide) groups is 1.